The molecule has 3 rings (SSSR count). The molecule has 1 heterocycles. The van der Waals surface area contributed by atoms with Gasteiger partial charge in [0.2, 0.25) is 5.88 Å². The number of fused-ring (bicyclic) bond motifs is 1. The third-order valence-electron chi connectivity index (χ3n) is 2.98. The third kappa shape index (κ3) is 2.23. The van der Waals surface area contributed by atoms with Crippen LogP contribution in [0, 0.1) is 0 Å². The summed E-state index contributed by atoms with van der Waals surface area (Å²) >= 11 is 0. The third-order valence-corrected chi connectivity index (χ3v) is 2.98. The molecule has 0 amide bonds. The second-order valence-corrected chi connectivity index (χ2v) is 4.27. The van der Waals surface area contributed by atoms with E-state index in [9.17, 15) is 5.11 Å². The van der Waals surface area contributed by atoms with E-state index in [1.54, 1.807) is 37.6 Å². The number of methoxy groups -OCH3 is 1. The molecule has 0 saturated carbocycles. The highest BCUT2D eigenvalue weighted by Gasteiger charge is 2.08. The van der Waals surface area contributed by atoms with E-state index in [4.69, 9.17) is 9.47 Å². The molecule has 3 aromatic rings. The first-order valence-electron chi connectivity index (χ1n) is 6.16. The van der Waals surface area contributed by atoms with Crippen LogP contribution < -0.4 is 9.47 Å². The summed E-state index contributed by atoms with van der Waals surface area (Å²) < 4.78 is 11.1. The quantitative estimate of drug-likeness (QED) is 0.785. The predicted octanol–water partition coefficient (Wildman–Crippen LogP) is 3.74. The Hall–Kier alpha value is -2.75. The number of aromatic nitrogens is 1. The van der Waals surface area contributed by atoms with Gasteiger partial charge in [0.1, 0.15) is 17.2 Å². The molecule has 0 aliphatic heterocycles. The van der Waals surface area contributed by atoms with Crippen molar-refractivity contribution in [3.8, 4) is 23.1 Å². The van der Waals surface area contributed by atoms with Crippen LogP contribution in [0.15, 0.2) is 54.7 Å². The monoisotopic (exact) mass is 267 g/mol. The van der Waals surface area contributed by atoms with E-state index in [0.717, 1.165) is 16.5 Å². The topological polar surface area (TPSA) is 51.6 Å². The van der Waals surface area contributed by atoms with Gasteiger partial charge in [0, 0.05) is 23.0 Å². The zero-order valence-corrected chi connectivity index (χ0v) is 10.9. The van der Waals surface area contributed by atoms with Gasteiger partial charge in [0.15, 0.2) is 0 Å². The Kier molecular flexibility index (Phi) is 3.13. The molecule has 20 heavy (non-hydrogen) atoms. The van der Waals surface area contributed by atoms with E-state index in [2.05, 4.69) is 4.98 Å². The number of pyridine rings is 1. The van der Waals surface area contributed by atoms with Gasteiger partial charge < -0.3 is 14.6 Å². The van der Waals surface area contributed by atoms with Crippen LogP contribution in [0.25, 0.3) is 10.8 Å². The lowest BCUT2D eigenvalue weighted by Gasteiger charge is -2.10. The van der Waals surface area contributed by atoms with E-state index < -0.39 is 0 Å². The molecule has 0 atom stereocenters. The predicted molar refractivity (Wildman–Crippen MR) is 76.5 cm³/mol. The van der Waals surface area contributed by atoms with E-state index in [-0.39, 0.29) is 5.75 Å². The van der Waals surface area contributed by atoms with Crippen molar-refractivity contribution in [1.29, 1.82) is 0 Å². The molecule has 0 fully saturated rings. The molecule has 0 bridgehead atoms. The molecule has 0 aliphatic rings. The molecule has 0 saturated heterocycles. The molecular weight excluding hydrogens is 254 g/mol. The average molecular weight is 267 g/mol. The number of phenols is 1. The van der Waals surface area contributed by atoms with Crippen molar-refractivity contribution in [1.82, 2.24) is 4.98 Å². The number of hydrogen-bond donors (Lipinski definition) is 1. The van der Waals surface area contributed by atoms with Crippen molar-refractivity contribution >= 4 is 10.8 Å². The van der Waals surface area contributed by atoms with Gasteiger partial charge in [-0.15, -0.1) is 0 Å². The summed E-state index contributed by atoms with van der Waals surface area (Å²) in [5, 5.41) is 11.3. The van der Waals surface area contributed by atoms with Gasteiger partial charge >= 0.3 is 0 Å². The fourth-order valence-corrected chi connectivity index (χ4v) is 2.07. The standard InChI is InChI=1S/C16H13NO3/c1-19-15-7-3-6-14-13(15)8-9-17-16(14)20-12-5-2-4-11(18)10-12/h2-10,18H,1H3. The molecule has 0 aliphatic carbocycles. The molecule has 0 unspecified atom stereocenters. The summed E-state index contributed by atoms with van der Waals surface area (Å²) in [7, 11) is 1.63. The van der Waals surface area contributed by atoms with E-state index in [1.165, 1.54) is 0 Å². The van der Waals surface area contributed by atoms with E-state index >= 15 is 0 Å². The number of ether oxygens (including phenoxy) is 2. The summed E-state index contributed by atoms with van der Waals surface area (Å²) in [6.45, 7) is 0. The molecule has 1 aromatic heterocycles. The number of phenolic OH excluding ortho intramolecular Hbond substituents is 1. The van der Waals surface area contributed by atoms with Gasteiger partial charge in [-0.05, 0) is 30.3 Å². The number of benzene rings is 2. The summed E-state index contributed by atoms with van der Waals surface area (Å²) in [5.41, 5.74) is 0. The Morgan fingerprint density at radius 3 is 2.65 bits per heavy atom. The summed E-state index contributed by atoms with van der Waals surface area (Å²) in [6.07, 6.45) is 1.67. The second-order valence-electron chi connectivity index (χ2n) is 4.27. The minimum absolute atomic E-state index is 0.153. The fourth-order valence-electron chi connectivity index (χ4n) is 2.07. The van der Waals surface area contributed by atoms with Crippen LogP contribution in [0.2, 0.25) is 0 Å². The first-order valence-corrected chi connectivity index (χ1v) is 6.16. The van der Waals surface area contributed by atoms with Crippen molar-refractivity contribution in [2.24, 2.45) is 0 Å². The molecule has 0 radical (unpaired) electrons. The van der Waals surface area contributed by atoms with Crippen LogP contribution >= 0.6 is 0 Å². The van der Waals surface area contributed by atoms with Crippen LogP contribution in [-0.4, -0.2) is 17.2 Å². The molecule has 2 aromatic carbocycles. The van der Waals surface area contributed by atoms with Crippen molar-refractivity contribution < 1.29 is 14.6 Å². The smallest absolute Gasteiger partial charge is 0.227 e. The summed E-state index contributed by atoms with van der Waals surface area (Å²) in [5.74, 6) is 1.94. The highest BCUT2D eigenvalue weighted by Crippen LogP contribution is 2.33. The first-order chi connectivity index (χ1) is 9.78. The minimum atomic E-state index is 0.153. The molecular formula is C16H13NO3. The summed E-state index contributed by atoms with van der Waals surface area (Å²) in [4.78, 5) is 4.25. The zero-order valence-electron chi connectivity index (χ0n) is 10.9. The van der Waals surface area contributed by atoms with Gasteiger partial charge in [0.25, 0.3) is 0 Å². The maximum absolute atomic E-state index is 9.47. The van der Waals surface area contributed by atoms with Crippen LogP contribution in [0.4, 0.5) is 0 Å². The van der Waals surface area contributed by atoms with Gasteiger partial charge in [-0.1, -0.05) is 12.1 Å². The molecule has 4 heteroatoms. The normalized spacial score (nSPS) is 10.4. The Morgan fingerprint density at radius 2 is 1.85 bits per heavy atom. The van der Waals surface area contributed by atoms with Gasteiger partial charge in [0.05, 0.1) is 7.11 Å². The number of hydrogen-bond acceptors (Lipinski definition) is 4. The Morgan fingerprint density at radius 1 is 1.00 bits per heavy atom. The minimum Gasteiger partial charge on any atom is -0.508 e. The van der Waals surface area contributed by atoms with Gasteiger partial charge in [-0.25, -0.2) is 4.98 Å². The highest BCUT2D eigenvalue weighted by atomic mass is 16.5. The van der Waals surface area contributed by atoms with Crippen LogP contribution in [0.5, 0.6) is 23.1 Å². The van der Waals surface area contributed by atoms with Crippen LogP contribution in [-0.2, 0) is 0 Å². The number of rotatable bonds is 3. The lowest BCUT2D eigenvalue weighted by atomic mass is 10.1. The molecule has 0 spiro atoms. The number of aromatic hydroxyl groups is 1. The van der Waals surface area contributed by atoms with Crippen molar-refractivity contribution in [2.75, 3.05) is 7.11 Å². The maximum atomic E-state index is 9.47. The first kappa shape index (κ1) is 12.3. The van der Waals surface area contributed by atoms with E-state index in [0.29, 0.717) is 11.6 Å². The second kappa shape index (κ2) is 5.09. The van der Waals surface area contributed by atoms with Crippen molar-refractivity contribution in [2.45, 2.75) is 0 Å². The molecule has 1 N–H and O–H groups in total. The Labute approximate surface area is 116 Å². The lowest BCUT2D eigenvalue weighted by Crippen LogP contribution is -1.91. The maximum Gasteiger partial charge on any atom is 0.227 e. The summed E-state index contributed by atoms with van der Waals surface area (Å²) in [6, 6.07) is 14.2. The largest absolute Gasteiger partial charge is 0.508 e. The van der Waals surface area contributed by atoms with Crippen molar-refractivity contribution in [3.05, 3.63) is 54.7 Å². The fraction of sp³-hybridized carbons (Fsp3) is 0.0625. The van der Waals surface area contributed by atoms with Crippen LogP contribution in [0.3, 0.4) is 0 Å². The van der Waals surface area contributed by atoms with E-state index in [1.807, 2.05) is 24.3 Å². The Balaban J connectivity index is 2.08. The van der Waals surface area contributed by atoms with Crippen LogP contribution in [0.1, 0.15) is 0 Å². The van der Waals surface area contributed by atoms with Gasteiger partial charge in [-0.2, -0.15) is 0 Å². The van der Waals surface area contributed by atoms with Gasteiger partial charge in [-0.3, -0.25) is 0 Å². The highest BCUT2D eigenvalue weighted by molar-refractivity contribution is 5.91. The average Bonchev–Trinajstić information content (AvgIpc) is 2.47. The zero-order chi connectivity index (χ0) is 13.9. The SMILES string of the molecule is COc1cccc2c(Oc3cccc(O)c3)nccc12. The molecule has 100 valence electrons. The molecule has 4 nitrogen and oxygen atoms in total. The number of nitrogens with zero attached hydrogens (tertiary/aromatic N) is 1. The van der Waals surface area contributed by atoms with Crippen molar-refractivity contribution in [3.63, 3.8) is 0 Å². The lowest BCUT2D eigenvalue weighted by molar-refractivity contribution is 0.419. The Bertz CT molecular complexity index is 756.